The van der Waals surface area contributed by atoms with Gasteiger partial charge in [0.15, 0.2) is 5.79 Å². The summed E-state index contributed by atoms with van der Waals surface area (Å²) in [6, 6.07) is 8.12. The molecule has 0 bridgehead atoms. The second kappa shape index (κ2) is 9.98. The van der Waals surface area contributed by atoms with E-state index in [1.807, 2.05) is 25.1 Å². The van der Waals surface area contributed by atoms with E-state index in [-0.39, 0.29) is 5.04 Å². The Hall–Kier alpha value is -1.54. The van der Waals surface area contributed by atoms with E-state index < -0.39 is 14.1 Å². The molecule has 0 unspecified atom stereocenters. The van der Waals surface area contributed by atoms with Gasteiger partial charge in [-0.25, -0.2) is 0 Å². The summed E-state index contributed by atoms with van der Waals surface area (Å²) in [7, 11) is 1.35. The molecule has 7 heteroatoms. The molecule has 182 valence electrons. The van der Waals surface area contributed by atoms with Crippen molar-refractivity contribution in [2.24, 2.45) is 0 Å². The van der Waals surface area contributed by atoms with Crippen molar-refractivity contribution in [3.63, 3.8) is 0 Å². The molecule has 0 amide bonds. The van der Waals surface area contributed by atoms with Gasteiger partial charge in [0, 0.05) is 16.3 Å². The lowest BCUT2D eigenvalue weighted by Crippen LogP contribution is -2.41. The number of benzene rings is 2. The maximum absolute atomic E-state index is 6.76. The molecular formula is C26H37BrO5Si. The highest BCUT2D eigenvalue weighted by atomic mass is 79.9. The summed E-state index contributed by atoms with van der Waals surface area (Å²) in [5.41, 5.74) is 1.02. The monoisotopic (exact) mass is 536 g/mol. The van der Waals surface area contributed by atoms with E-state index in [4.69, 9.17) is 23.4 Å². The van der Waals surface area contributed by atoms with E-state index >= 15 is 0 Å². The Bertz CT molecular complexity index is 1020. The molecule has 0 N–H and O–H groups in total. The molecule has 1 fully saturated rings. The van der Waals surface area contributed by atoms with Crippen LogP contribution in [0.25, 0.3) is 10.8 Å². The molecule has 0 aliphatic carbocycles. The van der Waals surface area contributed by atoms with Crippen LogP contribution in [0.5, 0.6) is 11.5 Å². The SMILES string of the molecule is COc1c(Br)c(C/C=C(\CC2(C)OCCO2)O[Si](C)(C)C(C)(C)C)c(OC)c2ccccc12. The summed E-state index contributed by atoms with van der Waals surface area (Å²) in [5.74, 6) is 1.86. The van der Waals surface area contributed by atoms with Crippen LogP contribution in [0.15, 0.2) is 40.6 Å². The minimum absolute atomic E-state index is 0.0782. The zero-order chi connectivity index (χ0) is 24.4. The van der Waals surface area contributed by atoms with Gasteiger partial charge < -0.3 is 23.4 Å². The van der Waals surface area contributed by atoms with Gasteiger partial charge in [0.1, 0.15) is 11.5 Å². The standard InChI is InChI=1S/C26H37BrO5Si/c1-25(2,3)33(7,8)32-18(17-26(4)30-15-16-31-26)13-14-21-22(27)24(29-6)20-12-10-9-11-19(20)23(21)28-5/h9-13H,14-17H2,1-8H3/b18-13+. The maximum atomic E-state index is 6.76. The number of allylic oxidation sites excluding steroid dienone is 1. The van der Waals surface area contributed by atoms with E-state index in [9.17, 15) is 0 Å². The Balaban J connectivity index is 2.05. The van der Waals surface area contributed by atoms with Crippen molar-refractivity contribution in [1.29, 1.82) is 0 Å². The summed E-state index contributed by atoms with van der Waals surface area (Å²) < 4.78 is 31.1. The highest BCUT2D eigenvalue weighted by Gasteiger charge is 2.41. The quantitative estimate of drug-likeness (QED) is 0.263. The number of halogens is 1. The first-order chi connectivity index (χ1) is 15.4. The highest BCUT2D eigenvalue weighted by molar-refractivity contribution is 9.10. The third-order valence-corrected chi connectivity index (χ3v) is 11.9. The second-order valence-electron chi connectivity index (χ2n) is 10.1. The average Bonchev–Trinajstić information content (AvgIpc) is 3.16. The molecule has 5 nitrogen and oxygen atoms in total. The zero-order valence-electron chi connectivity index (χ0n) is 21.1. The first kappa shape index (κ1) is 26.1. The van der Waals surface area contributed by atoms with Crippen molar-refractivity contribution < 1.29 is 23.4 Å². The van der Waals surface area contributed by atoms with Crippen molar-refractivity contribution in [3.8, 4) is 11.5 Å². The number of methoxy groups -OCH3 is 2. The van der Waals surface area contributed by atoms with Crippen molar-refractivity contribution in [1.82, 2.24) is 0 Å². The van der Waals surface area contributed by atoms with Crippen molar-refractivity contribution >= 4 is 35.0 Å². The van der Waals surface area contributed by atoms with Gasteiger partial charge in [0.05, 0.1) is 44.1 Å². The molecule has 3 rings (SSSR count). The number of ether oxygens (including phenoxy) is 4. The third-order valence-electron chi connectivity index (χ3n) is 6.68. The van der Waals surface area contributed by atoms with Gasteiger partial charge in [-0.1, -0.05) is 45.0 Å². The first-order valence-corrected chi connectivity index (χ1v) is 15.1. The van der Waals surface area contributed by atoms with E-state index in [2.05, 4.69) is 61.9 Å². The van der Waals surface area contributed by atoms with Gasteiger partial charge in [-0.3, -0.25) is 0 Å². The van der Waals surface area contributed by atoms with Crippen LogP contribution in [0.1, 0.15) is 39.7 Å². The fourth-order valence-corrected chi connectivity index (χ4v) is 5.67. The van der Waals surface area contributed by atoms with Crippen LogP contribution in [0.2, 0.25) is 18.1 Å². The first-order valence-electron chi connectivity index (χ1n) is 11.4. The van der Waals surface area contributed by atoms with Gasteiger partial charge in [0.2, 0.25) is 8.32 Å². The van der Waals surface area contributed by atoms with E-state index in [0.29, 0.717) is 26.1 Å². The Morgan fingerprint density at radius 2 is 1.61 bits per heavy atom. The molecule has 1 saturated heterocycles. The van der Waals surface area contributed by atoms with Crippen molar-refractivity contribution in [2.45, 2.75) is 64.5 Å². The Kier molecular flexibility index (Phi) is 7.88. The minimum atomic E-state index is -2.06. The summed E-state index contributed by atoms with van der Waals surface area (Å²) >= 11 is 3.78. The van der Waals surface area contributed by atoms with Crippen LogP contribution in [0.3, 0.4) is 0 Å². The summed E-state index contributed by atoms with van der Waals surface area (Å²) in [6.07, 6.45) is 3.32. The van der Waals surface area contributed by atoms with Gasteiger partial charge in [-0.2, -0.15) is 0 Å². The van der Waals surface area contributed by atoms with Crippen LogP contribution in [0.4, 0.5) is 0 Å². The lowest BCUT2D eigenvalue weighted by atomic mass is 10.0. The Labute approximate surface area is 207 Å². The lowest BCUT2D eigenvalue weighted by Gasteiger charge is -2.38. The molecule has 0 saturated carbocycles. The lowest BCUT2D eigenvalue weighted by molar-refractivity contribution is -0.144. The number of hydrogen-bond donors (Lipinski definition) is 0. The van der Waals surface area contributed by atoms with Gasteiger partial charge in [0.25, 0.3) is 0 Å². The van der Waals surface area contributed by atoms with Crippen LogP contribution in [-0.4, -0.2) is 41.5 Å². The van der Waals surface area contributed by atoms with Crippen molar-refractivity contribution in [2.75, 3.05) is 27.4 Å². The molecule has 0 atom stereocenters. The topological polar surface area (TPSA) is 46.2 Å². The fourth-order valence-electron chi connectivity index (χ4n) is 3.83. The summed E-state index contributed by atoms with van der Waals surface area (Å²) in [5, 5.41) is 2.11. The third kappa shape index (κ3) is 5.58. The second-order valence-corrected chi connectivity index (χ2v) is 15.7. The van der Waals surface area contributed by atoms with Gasteiger partial charge >= 0.3 is 0 Å². The van der Waals surface area contributed by atoms with E-state index in [0.717, 1.165) is 38.1 Å². The van der Waals surface area contributed by atoms with Gasteiger partial charge in [-0.05, 0) is 53.5 Å². The number of hydrogen-bond acceptors (Lipinski definition) is 5. The molecule has 0 radical (unpaired) electrons. The molecule has 0 aromatic heterocycles. The zero-order valence-corrected chi connectivity index (χ0v) is 23.7. The van der Waals surface area contributed by atoms with Crippen LogP contribution >= 0.6 is 15.9 Å². The minimum Gasteiger partial charge on any atom is -0.547 e. The van der Waals surface area contributed by atoms with Crippen LogP contribution in [-0.2, 0) is 20.3 Å². The Morgan fingerprint density at radius 3 is 2.12 bits per heavy atom. The van der Waals surface area contributed by atoms with Crippen LogP contribution < -0.4 is 9.47 Å². The molecule has 1 heterocycles. The highest BCUT2D eigenvalue weighted by Crippen LogP contribution is 2.45. The average molecular weight is 538 g/mol. The number of fused-ring (bicyclic) bond motifs is 1. The molecule has 2 aromatic carbocycles. The maximum Gasteiger partial charge on any atom is 0.250 e. The summed E-state index contributed by atoms with van der Waals surface area (Å²) in [6.45, 7) is 14.4. The Morgan fingerprint density at radius 1 is 1.06 bits per heavy atom. The molecular weight excluding hydrogens is 500 g/mol. The van der Waals surface area contributed by atoms with Crippen LogP contribution in [0, 0.1) is 0 Å². The molecule has 33 heavy (non-hydrogen) atoms. The molecule has 1 aliphatic heterocycles. The normalized spacial score (nSPS) is 16.8. The van der Waals surface area contributed by atoms with E-state index in [1.54, 1.807) is 14.2 Å². The molecule has 1 aliphatic rings. The predicted molar refractivity (Wildman–Crippen MR) is 140 cm³/mol. The van der Waals surface area contributed by atoms with Crippen molar-refractivity contribution in [3.05, 3.63) is 46.1 Å². The predicted octanol–water partition coefficient (Wildman–Crippen LogP) is 7.22. The van der Waals surface area contributed by atoms with E-state index in [1.165, 1.54) is 0 Å². The molecule has 2 aromatic rings. The smallest absolute Gasteiger partial charge is 0.250 e. The molecule has 0 spiro atoms. The summed E-state index contributed by atoms with van der Waals surface area (Å²) in [4.78, 5) is 0. The van der Waals surface area contributed by atoms with Gasteiger partial charge in [-0.15, -0.1) is 0 Å². The fraction of sp³-hybridized carbons (Fsp3) is 0.538. The number of rotatable bonds is 8. The largest absolute Gasteiger partial charge is 0.547 e.